The standard InChI is InChI=1S/C24H28N2O3S/c1-17(12-13-19-8-5-4-6-9-19)25-23(27)16-30-15-22-18(2)29-24(26-22)20-10-7-11-21(14-20)28-3/h4-11,14,17H,12-13,15-16H2,1-3H3,(H,25,27). The number of methoxy groups -OCH3 is 1. The van der Waals surface area contributed by atoms with Gasteiger partial charge in [-0.05, 0) is 50.5 Å². The molecule has 0 aliphatic rings. The maximum absolute atomic E-state index is 12.2. The Balaban J connectivity index is 1.44. The van der Waals surface area contributed by atoms with Crippen molar-refractivity contribution in [2.75, 3.05) is 12.9 Å². The number of nitrogens with one attached hydrogen (secondary N) is 1. The van der Waals surface area contributed by atoms with E-state index in [0.29, 0.717) is 17.4 Å². The summed E-state index contributed by atoms with van der Waals surface area (Å²) in [7, 11) is 1.63. The van der Waals surface area contributed by atoms with E-state index >= 15 is 0 Å². The number of thioether (sulfide) groups is 1. The van der Waals surface area contributed by atoms with Crippen LogP contribution in [0.25, 0.3) is 11.5 Å². The number of nitrogens with zero attached hydrogens (tertiary/aromatic N) is 1. The van der Waals surface area contributed by atoms with Crippen LogP contribution in [0, 0.1) is 6.92 Å². The van der Waals surface area contributed by atoms with Crippen LogP contribution in [0.5, 0.6) is 5.75 Å². The molecule has 1 atom stereocenters. The molecule has 0 fully saturated rings. The summed E-state index contributed by atoms with van der Waals surface area (Å²) in [5.74, 6) is 3.19. The van der Waals surface area contributed by atoms with E-state index in [4.69, 9.17) is 9.15 Å². The van der Waals surface area contributed by atoms with E-state index in [1.165, 1.54) is 5.56 Å². The average molecular weight is 425 g/mol. The summed E-state index contributed by atoms with van der Waals surface area (Å²) in [6.07, 6.45) is 1.88. The van der Waals surface area contributed by atoms with Gasteiger partial charge >= 0.3 is 0 Å². The van der Waals surface area contributed by atoms with E-state index in [1.807, 2.05) is 56.3 Å². The molecule has 30 heavy (non-hydrogen) atoms. The molecule has 0 saturated heterocycles. The van der Waals surface area contributed by atoms with Gasteiger partial charge in [-0.2, -0.15) is 0 Å². The molecule has 158 valence electrons. The molecule has 0 aliphatic carbocycles. The van der Waals surface area contributed by atoms with Crippen molar-refractivity contribution in [3.05, 3.63) is 71.6 Å². The van der Waals surface area contributed by atoms with Gasteiger partial charge in [0.05, 0.1) is 18.6 Å². The van der Waals surface area contributed by atoms with Crippen LogP contribution >= 0.6 is 11.8 Å². The van der Waals surface area contributed by atoms with Gasteiger partial charge in [-0.15, -0.1) is 11.8 Å². The molecule has 0 radical (unpaired) electrons. The Kier molecular flexibility index (Phi) is 7.97. The topological polar surface area (TPSA) is 64.4 Å². The quantitative estimate of drug-likeness (QED) is 0.495. The second-order valence-electron chi connectivity index (χ2n) is 7.24. The Morgan fingerprint density at radius 1 is 1.20 bits per heavy atom. The van der Waals surface area contributed by atoms with Crippen LogP contribution in [-0.4, -0.2) is 29.8 Å². The molecule has 1 unspecified atom stereocenters. The predicted octanol–water partition coefficient (Wildman–Crippen LogP) is 5.03. The van der Waals surface area contributed by atoms with Gasteiger partial charge in [0.2, 0.25) is 11.8 Å². The summed E-state index contributed by atoms with van der Waals surface area (Å²) in [5.41, 5.74) is 3.03. The van der Waals surface area contributed by atoms with Gasteiger partial charge in [0.1, 0.15) is 11.5 Å². The molecular formula is C24H28N2O3S. The normalized spacial score (nSPS) is 11.8. The van der Waals surface area contributed by atoms with Crippen LogP contribution in [0.2, 0.25) is 0 Å². The Morgan fingerprint density at radius 2 is 2.00 bits per heavy atom. The zero-order chi connectivity index (χ0) is 21.3. The van der Waals surface area contributed by atoms with Crippen molar-refractivity contribution >= 4 is 17.7 Å². The first-order valence-electron chi connectivity index (χ1n) is 10.1. The third-order valence-electron chi connectivity index (χ3n) is 4.80. The zero-order valence-corrected chi connectivity index (χ0v) is 18.5. The Labute approximate surface area is 182 Å². The van der Waals surface area contributed by atoms with Crippen LogP contribution in [0.15, 0.2) is 59.0 Å². The Bertz CT molecular complexity index is 956. The molecule has 3 aromatic rings. The molecule has 1 heterocycles. The maximum atomic E-state index is 12.2. The van der Waals surface area contributed by atoms with Crippen LogP contribution in [0.4, 0.5) is 0 Å². The fourth-order valence-corrected chi connectivity index (χ4v) is 3.93. The van der Waals surface area contributed by atoms with E-state index in [-0.39, 0.29) is 11.9 Å². The number of rotatable bonds is 10. The molecule has 0 aliphatic heterocycles. The van der Waals surface area contributed by atoms with Crippen LogP contribution in [-0.2, 0) is 17.0 Å². The highest BCUT2D eigenvalue weighted by Gasteiger charge is 2.13. The number of aromatic nitrogens is 1. The third-order valence-corrected chi connectivity index (χ3v) is 5.74. The predicted molar refractivity (Wildman–Crippen MR) is 122 cm³/mol. The number of ether oxygens (including phenoxy) is 1. The Hall–Kier alpha value is -2.73. The van der Waals surface area contributed by atoms with Gasteiger partial charge in [-0.25, -0.2) is 4.98 Å². The SMILES string of the molecule is COc1cccc(-c2nc(CSCC(=O)NC(C)CCc3ccccc3)c(C)o2)c1. The van der Waals surface area contributed by atoms with Gasteiger partial charge in [0, 0.05) is 17.4 Å². The summed E-state index contributed by atoms with van der Waals surface area (Å²) in [5, 5.41) is 3.08. The number of carbonyl (C=O) groups is 1. The first-order chi connectivity index (χ1) is 14.5. The van der Waals surface area contributed by atoms with Crippen molar-refractivity contribution < 1.29 is 13.9 Å². The molecule has 6 heteroatoms. The molecule has 0 bridgehead atoms. The number of oxazole rings is 1. The number of hydrogen-bond donors (Lipinski definition) is 1. The summed E-state index contributed by atoms with van der Waals surface area (Å²) < 4.78 is 11.1. The van der Waals surface area contributed by atoms with Crippen molar-refractivity contribution in [2.24, 2.45) is 0 Å². The largest absolute Gasteiger partial charge is 0.497 e. The minimum absolute atomic E-state index is 0.0507. The van der Waals surface area contributed by atoms with Gasteiger partial charge in [0.25, 0.3) is 0 Å². The summed E-state index contributed by atoms with van der Waals surface area (Å²) >= 11 is 1.54. The second kappa shape index (κ2) is 10.9. The molecule has 1 amide bonds. The number of hydrogen-bond acceptors (Lipinski definition) is 5. The number of aryl methyl sites for hydroxylation is 2. The molecule has 1 aromatic heterocycles. The lowest BCUT2D eigenvalue weighted by Gasteiger charge is -2.13. The zero-order valence-electron chi connectivity index (χ0n) is 17.7. The van der Waals surface area contributed by atoms with E-state index in [2.05, 4.69) is 22.4 Å². The second-order valence-corrected chi connectivity index (χ2v) is 8.23. The third kappa shape index (κ3) is 6.39. The molecular weight excluding hydrogens is 396 g/mol. The van der Waals surface area contributed by atoms with Crippen LogP contribution in [0.1, 0.15) is 30.4 Å². The maximum Gasteiger partial charge on any atom is 0.230 e. The van der Waals surface area contributed by atoms with E-state index in [9.17, 15) is 4.79 Å². The highest BCUT2D eigenvalue weighted by atomic mass is 32.2. The molecule has 0 spiro atoms. The van der Waals surface area contributed by atoms with Gasteiger partial charge in [-0.1, -0.05) is 36.4 Å². The smallest absolute Gasteiger partial charge is 0.230 e. The molecule has 3 rings (SSSR count). The molecule has 1 N–H and O–H groups in total. The van der Waals surface area contributed by atoms with Crippen LogP contribution in [0.3, 0.4) is 0 Å². The van der Waals surface area contributed by atoms with Crippen molar-refractivity contribution in [1.29, 1.82) is 0 Å². The van der Waals surface area contributed by atoms with Gasteiger partial charge in [-0.3, -0.25) is 4.79 Å². The summed E-state index contributed by atoms with van der Waals surface area (Å²) in [6, 6.07) is 18.1. The van der Waals surface area contributed by atoms with Gasteiger partial charge in [0.15, 0.2) is 0 Å². The Morgan fingerprint density at radius 3 is 2.77 bits per heavy atom. The highest BCUT2D eigenvalue weighted by Crippen LogP contribution is 2.26. The monoisotopic (exact) mass is 424 g/mol. The lowest BCUT2D eigenvalue weighted by Crippen LogP contribution is -2.34. The first-order valence-corrected chi connectivity index (χ1v) is 11.2. The first kappa shape index (κ1) is 22.0. The lowest BCUT2D eigenvalue weighted by molar-refractivity contribution is -0.119. The van der Waals surface area contributed by atoms with Crippen molar-refractivity contribution in [3.8, 4) is 17.2 Å². The highest BCUT2D eigenvalue weighted by molar-refractivity contribution is 7.99. The lowest BCUT2D eigenvalue weighted by atomic mass is 10.1. The fraction of sp³-hybridized carbons (Fsp3) is 0.333. The van der Waals surface area contributed by atoms with Crippen LogP contribution < -0.4 is 10.1 Å². The van der Waals surface area contributed by atoms with Crippen molar-refractivity contribution in [2.45, 2.75) is 38.5 Å². The molecule has 2 aromatic carbocycles. The minimum Gasteiger partial charge on any atom is -0.497 e. The van der Waals surface area contributed by atoms with Crippen molar-refractivity contribution in [3.63, 3.8) is 0 Å². The minimum atomic E-state index is 0.0507. The molecule has 5 nitrogen and oxygen atoms in total. The van der Waals surface area contributed by atoms with E-state index in [0.717, 1.165) is 35.6 Å². The number of amides is 1. The number of benzene rings is 2. The average Bonchev–Trinajstić information content (AvgIpc) is 3.13. The number of carbonyl (C=O) groups excluding carboxylic acids is 1. The van der Waals surface area contributed by atoms with E-state index in [1.54, 1.807) is 18.9 Å². The fourth-order valence-electron chi connectivity index (χ4n) is 3.10. The summed E-state index contributed by atoms with van der Waals surface area (Å²) in [4.78, 5) is 16.8. The summed E-state index contributed by atoms with van der Waals surface area (Å²) in [6.45, 7) is 3.95. The molecule has 0 saturated carbocycles. The van der Waals surface area contributed by atoms with Gasteiger partial charge < -0.3 is 14.5 Å². The van der Waals surface area contributed by atoms with E-state index < -0.39 is 0 Å². The van der Waals surface area contributed by atoms with Crippen molar-refractivity contribution in [1.82, 2.24) is 10.3 Å².